The number of nitrogens with two attached hydrogens (primary N) is 2. The van der Waals surface area contributed by atoms with Gasteiger partial charge in [0.15, 0.2) is 0 Å². The number of halogens is 4. The first kappa shape index (κ1) is 17.1. The van der Waals surface area contributed by atoms with Crippen LogP contribution >= 0.6 is 0 Å². The summed E-state index contributed by atoms with van der Waals surface area (Å²) in [6.07, 6.45) is 0. The van der Waals surface area contributed by atoms with Crippen LogP contribution in [-0.2, 0) is 13.1 Å². The number of aryl methyl sites for hydroxylation is 1. The van der Waals surface area contributed by atoms with E-state index in [0.717, 1.165) is 5.56 Å². The van der Waals surface area contributed by atoms with Crippen LogP contribution in [0.2, 0.25) is 0 Å². The maximum absolute atomic E-state index is 12.8. The van der Waals surface area contributed by atoms with Gasteiger partial charge in [0.2, 0.25) is 0 Å². The molecule has 0 aliphatic heterocycles. The van der Waals surface area contributed by atoms with Crippen LogP contribution in [-0.4, -0.2) is 0 Å². The summed E-state index contributed by atoms with van der Waals surface area (Å²) in [6.45, 7) is 1.85. The topological polar surface area (TPSA) is 52.0 Å². The second-order valence-electron chi connectivity index (χ2n) is 4.35. The Kier molecular flexibility index (Phi) is 6.33. The molecule has 0 aromatic heterocycles. The first-order valence-electron chi connectivity index (χ1n) is 6.17. The van der Waals surface area contributed by atoms with E-state index >= 15 is 0 Å². The molecular formula is C15H16F4N2. The zero-order valence-corrected chi connectivity index (χ0v) is 11.5. The van der Waals surface area contributed by atoms with Crippen molar-refractivity contribution in [3.8, 4) is 0 Å². The molecule has 0 aliphatic carbocycles. The van der Waals surface area contributed by atoms with Crippen LogP contribution in [0, 0.1) is 30.2 Å². The highest BCUT2D eigenvalue weighted by Gasteiger charge is 2.08. The Hall–Kier alpha value is -1.92. The molecule has 0 aliphatic rings. The van der Waals surface area contributed by atoms with E-state index in [9.17, 15) is 17.6 Å². The highest BCUT2D eigenvalue weighted by molar-refractivity contribution is 5.23. The third-order valence-electron chi connectivity index (χ3n) is 2.74. The van der Waals surface area contributed by atoms with Gasteiger partial charge in [-0.2, -0.15) is 0 Å². The molecule has 0 unspecified atom stereocenters. The van der Waals surface area contributed by atoms with Crippen LogP contribution in [0.25, 0.3) is 0 Å². The predicted molar refractivity (Wildman–Crippen MR) is 73.2 cm³/mol. The van der Waals surface area contributed by atoms with Crippen LogP contribution in [0.1, 0.15) is 16.7 Å². The van der Waals surface area contributed by atoms with E-state index in [1.54, 1.807) is 6.07 Å². The number of rotatable bonds is 2. The van der Waals surface area contributed by atoms with Gasteiger partial charge in [-0.05, 0) is 18.6 Å². The lowest BCUT2D eigenvalue weighted by molar-refractivity contribution is 0.524. The minimum atomic E-state index is -0.940. The smallest absolute Gasteiger partial charge is 0.133 e. The first-order chi connectivity index (χ1) is 9.88. The van der Waals surface area contributed by atoms with Gasteiger partial charge in [-0.25, -0.2) is 17.6 Å². The first-order valence-corrected chi connectivity index (χ1v) is 6.17. The molecule has 0 heterocycles. The van der Waals surface area contributed by atoms with Crippen LogP contribution < -0.4 is 11.5 Å². The molecule has 114 valence electrons. The van der Waals surface area contributed by atoms with E-state index in [0.29, 0.717) is 17.7 Å². The van der Waals surface area contributed by atoms with E-state index in [1.807, 2.05) is 13.0 Å². The van der Waals surface area contributed by atoms with Gasteiger partial charge in [-0.3, -0.25) is 0 Å². The van der Waals surface area contributed by atoms with E-state index in [2.05, 4.69) is 0 Å². The fourth-order valence-corrected chi connectivity index (χ4v) is 1.58. The van der Waals surface area contributed by atoms with Crippen LogP contribution in [0.5, 0.6) is 0 Å². The molecule has 2 rings (SSSR count). The lowest BCUT2D eigenvalue weighted by Gasteiger charge is -2.00. The molecule has 21 heavy (non-hydrogen) atoms. The van der Waals surface area contributed by atoms with Crippen LogP contribution in [0.3, 0.4) is 0 Å². The predicted octanol–water partition coefficient (Wildman–Crippen LogP) is 3.16. The molecule has 0 radical (unpaired) electrons. The second-order valence-corrected chi connectivity index (χ2v) is 4.35. The summed E-state index contributed by atoms with van der Waals surface area (Å²) < 4.78 is 50.1. The molecule has 6 heteroatoms. The van der Waals surface area contributed by atoms with Gasteiger partial charge < -0.3 is 11.5 Å². The van der Waals surface area contributed by atoms with Gasteiger partial charge in [0, 0.05) is 36.3 Å². The molecule has 0 bridgehead atoms. The molecule has 0 saturated heterocycles. The summed E-state index contributed by atoms with van der Waals surface area (Å²) in [4.78, 5) is 0. The van der Waals surface area contributed by atoms with Crippen molar-refractivity contribution in [2.24, 2.45) is 11.5 Å². The Morgan fingerprint density at radius 1 is 0.810 bits per heavy atom. The van der Waals surface area contributed by atoms with E-state index in [4.69, 9.17) is 11.5 Å². The SMILES string of the molecule is Cc1ccc(CN)c(F)c1.NCc1c(F)cc(F)cc1F. The summed E-state index contributed by atoms with van der Waals surface area (Å²) in [6, 6.07) is 6.26. The molecule has 0 spiro atoms. The lowest BCUT2D eigenvalue weighted by atomic mass is 10.1. The van der Waals surface area contributed by atoms with Crippen molar-refractivity contribution in [2.45, 2.75) is 20.0 Å². The van der Waals surface area contributed by atoms with E-state index in [-0.39, 0.29) is 24.5 Å². The van der Waals surface area contributed by atoms with Gasteiger partial charge in [0.25, 0.3) is 0 Å². The van der Waals surface area contributed by atoms with Gasteiger partial charge in [-0.1, -0.05) is 12.1 Å². The van der Waals surface area contributed by atoms with Gasteiger partial charge >= 0.3 is 0 Å². The minimum Gasteiger partial charge on any atom is -0.326 e. The van der Waals surface area contributed by atoms with E-state index < -0.39 is 17.5 Å². The van der Waals surface area contributed by atoms with Crippen molar-refractivity contribution >= 4 is 0 Å². The zero-order chi connectivity index (χ0) is 16.0. The molecule has 0 saturated carbocycles. The standard InChI is InChI=1S/C8H10FN.C7H6F3N/c1-6-2-3-7(5-10)8(9)4-6;8-4-1-6(9)5(3-11)7(10)2-4/h2-4H,5,10H2,1H3;1-2H,3,11H2. The van der Waals surface area contributed by atoms with Gasteiger partial charge in [-0.15, -0.1) is 0 Å². The molecule has 2 nitrogen and oxygen atoms in total. The Bertz CT molecular complexity index is 592. The molecule has 4 N–H and O–H groups in total. The monoisotopic (exact) mass is 300 g/mol. The van der Waals surface area contributed by atoms with Crippen molar-refractivity contribution < 1.29 is 17.6 Å². The van der Waals surface area contributed by atoms with Crippen LogP contribution in [0.4, 0.5) is 17.6 Å². The average Bonchev–Trinajstić information content (AvgIpc) is 2.39. The van der Waals surface area contributed by atoms with Crippen LogP contribution in [0.15, 0.2) is 30.3 Å². The molecule has 2 aromatic rings. The molecule has 2 aromatic carbocycles. The number of benzene rings is 2. The summed E-state index contributed by atoms with van der Waals surface area (Å²) in [5.74, 6) is -3.02. The summed E-state index contributed by atoms with van der Waals surface area (Å²) in [5, 5.41) is 0. The summed E-state index contributed by atoms with van der Waals surface area (Å²) in [7, 11) is 0. The fourth-order valence-electron chi connectivity index (χ4n) is 1.58. The van der Waals surface area contributed by atoms with Crippen molar-refractivity contribution in [2.75, 3.05) is 0 Å². The fraction of sp³-hybridized carbons (Fsp3) is 0.200. The summed E-state index contributed by atoms with van der Waals surface area (Å²) >= 11 is 0. The highest BCUT2D eigenvalue weighted by Crippen LogP contribution is 2.13. The third kappa shape index (κ3) is 4.84. The largest absolute Gasteiger partial charge is 0.326 e. The lowest BCUT2D eigenvalue weighted by Crippen LogP contribution is -2.03. The highest BCUT2D eigenvalue weighted by atomic mass is 19.1. The van der Waals surface area contributed by atoms with Crippen molar-refractivity contribution in [3.05, 3.63) is 70.3 Å². The summed E-state index contributed by atoms with van der Waals surface area (Å²) in [5.41, 5.74) is 11.5. The molecule has 0 amide bonds. The van der Waals surface area contributed by atoms with Crippen molar-refractivity contribution in [1.82, 2.24) is 0 Å². The average molecular weight is 300 g/mol. The van der Waals surface area contributed by atoms with E-state index in [1.165, 1.54) is 6.07 Å². The number of hydrogen-bond acceptors (Lipinski definition) is 2. The molecule has 0 fully saturated rings. The Morgan fingerprint density at radius 3 is 1.81 bits per heavy atom. The van der Waals surface area contributed by atoms with Gasteiger partial charge in [0.05, 0.1) is 0 Å². The molecular weight excluding hydrogens is 284 g/mol. The van der Waals surface area contributed by atoms with Gasteiger partial charge in [0.1, 0.15) is 23.3 Å². The Labute approximate surface area is 120 Å². The molecule has 0 atom stereocenters. The third-order valence-corrected chi connectivity index (χ3v) is 2.74. The zero-order valence-electron chi connectivity index (χ0n) is 11.5. The minimum absolute atomic E-state index is 0.206. The maximum atomic E-state index is 12.8. The Balaban J connectivity index is 0.000000211. The normalized spacial score (nSPS) is 10.0. The van der Waals surface area contributed by atoms with Crippen molar-refractivity contribution in [3.63, 3.8) is 0 Å². The quantitative estimate of drug-likeness (QED) is 0.837. The Morgan fingerprint density at radius 2 is 1.38 bits per heavy atom. The second kappa shape index (κ2) is 7.75. The number of hydrogen-bond donors (Lipinski definition) is 2. The maximum Gasteiger partial charge on any atom is 0.133 e. The van der Waals surface area contributed by atoms with Crippen molar-refractivity contribution in [1.29, 1.82) is 0 Å².